The molecule has 0 aromatic heterocycles. The summed E-state index contributed by atoms with van der Waals surface area (Å²) in [7, 11) is 0. The number of benzene rings is 2. The number of carboxylic acids is 1. The first kappa shape index (κ1) is 20.7. The second-order valence-electron chi connectivity index (χ2n) is 10.2. The largest absolute Gasteiger partial charge is 0.478 e. The quantitative estimate of drug-likeness (QED) is 0.587. The Labute approximate surface area is 180 Å². The first-order valence-electron chi connectivity index (χ1n) is 11.0. The Morgan fingerprint density at radius 3 is 2.17 bits per heavy atom. The van der Waals surface area contributed by atoms with Gasteiger partial charge in [0.2, 0.25) is 0 Å². The standard InChI is InChI=1S/C28H32O2/c1-18-15-24-25(28(4,5)14-13-27(24,2)3)17-23(18)22-8-6-7-21(22)16-19-9-11-20(12-10-19)26(29)30/h8-12,15-17H,6-7,13-14H2,1-5H3,(H,29,30). The van der Waals surface area contributed by atoms with Crippen LogP contribution in [0.2, 0.25) is 0 Å². The van der Waals surface area contributed by atoms with E-state index in [1.807, 2.05) is 12.1 Å². The van der Waals surface area contributed by atoms with Crippen molar-refractivity contribution in [3.05, 3.63) is 81.4 Å². The number of fused-ring (bicyclic) bond motifs is 1. The van der Waals surface area contributed by atoms with Gasteiger partial charge in [0, 0.05) is 0 Å². The summed E-state index contributed by atoms with van der Waals surface area (Å²) in [5.74, 6) is -0.883. The van der Waals surface area contributed by atoms with Crippen molar-refractivity contribution in [2.45, 2.75) is 71.1 Å². The molecule has 2 aromatic carbocycles. The molecular weight excluding hydrogens is 368 g/mol. The van der Waals surface area contributed by atoms with Crippen molar-refractivity contribution in [1.82, 2.24) is 0 Å². The molecule has 0 heterocycles. The van der Waals surface area contributed by atoms with Gasteiger partial charge >= 0.3 is 5.97 Å². The van der Waals surface area contributed by atoms with Gasteiger partial charge in [0.1, 0.15) is 0 Å². The maximum atomic E-state index is 11.1. The minimum atomic E-state index is -0.883. The lowest BCUT2D eigenvalue weighted by molar-refractivity contribution is 0.0697. The van der Waals surface area contributed by atoms with Crippen LogP contribution in [0.4, 0.5) is 0 Å². The van der Waals surface area contributed by atoms with E-state index in [9.17, 15) is 4.79 Å². The van der Waals surface area contributed by atoms with Gasteiger partial charge in [-0.3, -0.25) is 0 Å². The van der Waals surface area contributed by atoms with E-state index in [0.717, 1.165) is 18.4 Å². The van der Waals surface area contributed by atoms with Crippen LogP contribution in [0.3, 0.4) is 0 Å². The van der Waals surface area contributed by atoms with Gasteiger partial charge in [-0.05, 0) is 94.5 Å². The topological polar surface area (TPSA) is 37.3 Å². The third kappa shape index (κ3) is 3.64. The smallest absolute Gasteiger partial charge is 0.335 e. The zero-order valence-corrected chi connectivity index (χ0v) is 18.8. The summed E-state index contributed by atoms with van der Waals surface area (Å²) < 4.78 is 0. The normalized spacial score (nSPS) is 20.7. The molecule has 0 amide bonds. The molecular formula is C28H32O2. The Kier molecular flexibility index (Phi) is 5.00. The van der Waals surface area contributed by atoms with Crippen LogP contribution in [0.5, 0.6) is 0 Å². The van der Waals surface area contributed by atoms with Crippen LogP contribution >= 0.6 is 0 Å². The lowest BCUT2D eigenvalue weighted by Gasteiger charge is -2.42. The lowest BCUT2D eigenvalue weighted by atomic mass is 9.62. The monoisotopic (exact) mass is 400 g/mol. The number of rotatable bonds is 3. The van der Waals surface area contributed by atoms with E-state index in [-0.39, 0.29) is 10.8 Å². The highest BCUT2D eigenvalue weighted by atomic mass is 16.4. The molecule has 0 radical (unpaired) electrons. The molecule has 0 unspecified atom stereocenters. The van der Waals surface area contributed by atoms with Crippen LogP contribution in [-0.2, 0) is 10.8 Å². The van der Waals surface area contributed by atoms with E-state index in [1.165, 1.54) is 46.2 Å². The fourth-order valence-corrected chi connectivity index (χ4v) is 5.01. The van der Waals surface area contributed by atoms with Crippen molar-refractivity contribution < 1.29 is 9.90 Å². The van der Waals surface area contributed by atoms with Gasteiger partial charge in [0.15, 0.2) is 0 Å². The molecule has 2 aliphatic rings. The molecule has 0 spiro atoms. The van der Waals surface area contributed by atoms with Gasteiger partial charge in [-0.25, -0.2) is 4.79 Å². The number of hydrogen-bond donors (Lipinski definition) is 1. The summed E-state index contributed by atoms with van der Waals surface area (Å²) in [6.45, 7) is 11.8. The average molecular weight is 401 g/mol. The Bertz CT molecular complexity index is 1060. The third-order valence-corrected chi connectivity index (χ3v) is 7.09. The zero-order valence-electron chi connectivity index (χ0n) is 18.8. The maximum absolute atomic E-state index is 11.1. The van der Waals surface area contributed by atoms with Crippen molar-refractivity contribution in [3.63, 3.8) is 0 Å². The molecule has 0 aliphatic heterocycles. The van der Waals surface area contributed by atoms with E-state index >= 15 is 0 Å². The predicted molar refractivity (Wildman–Crippen MR) is 125 cm³/mol. The Morgan fingerprint density at radius 2 is 1.57 bits per heavy atom. The molecule has 0 saturated carbocycles. The van der Waals surface area contributed by atoms with Crippen molar-refractivity contribution in [2.75, 3.05) is 0 Å². The highest BCUT2D eigenvalue weighted by molar-refractivity contribution is 5.90. The van der Waals surface area contributed by atoms with Gasteiger partial charge in [-0.15, -0.1) is 0 Å². The van der Waals surface area contributed by atoms with Crippen molar-refractivity contribution in [1.29, 1.82) is 0 Å². The van der Waals surface area contributed by atoms with Crippen LogP contribution < -0.4 is 0 Å². The lowest BCUT2D eigenvalue weighted by Crippen LogP contribution is -2.34. The van der Waals surface area contributed by atoms with Crippen LogP contribution in [0, 0.1) is 6.92 Å². The number of aryl methyl sites for hydroxylation is 1. The SMILES string of the molecule is Cc1cc2c(cc1C1=CCCC1=Cc1ccc(C(=O)O)cc1)C(C)(C)CCC2(C)C. The molecule has 1 N–H and O–H groups in total. The summed E-state index contributed by atoms with van der Waals surface area (Å²) >= 11 is 0. The number of hydrogen-bond acceptors (Lipinski definition) is 1. The summed E-state index contributed by atoms with van der Waals surface area (Å²) in [4.78, 5) is 11.1. The van der Waals surface area contributed by atoms with Crippen LogP contribution in [0.15, 0.2) is 48.0 Å². The van der Waals surface area contributed by atoms with Gasteiger partial charge in [-0.1, -0.05) is 64.1 Å². The van der Waals surface area contributed by atoms with E-state index < -0.39 is 5.97 Å². The van der Waals surface area contributed by atoms with Crippen LogP contribution in [0.25, 0.3) is 11.6 Å². The summed E-state index contributed by atoms with van der Waals surface area (Å²) in [5, 5.41) is 9.13. The van der Waals surface area contributed by atoms with Crippen LogP contribution in [0.1, 0.15) is 91.6 Å². The van der Waals surface area contributed by atoms with E-state index in [0.29, 0.717) is 5.56 Å². The van der Waals surface area contributed by atoms with Gasteiger partial charge < -0.3 is 5.11 Å². The molecule has 0 fully saturated rings. The number of aromatic carboxylic acids is 1. The molecule has 156 valence electrons. The first-order valence-corrected chi connectivity index (χ1v) is 11.0. The van der Waals surface area contributed by atoms with Gasteiger partial charge in [0.25, 0.3) is 0 Å². The molecule has 0 atom stereocenters. The Morgan fingerprint density at radius 1 is 0.967 bits per heavy atom. The molecule has 4 rings (SSSR count). The van der Waals surface area contributed by atoms with Crippen LogP contribution in [-0.4, -0.2) is 11.1 Å². The molecule has 2 nitrogen and oxygen atoms in total. The average Bonchev–Trinajstić information content (AvgIpc) is 3.13. The molecule has 0 bridgehead atoms. The highest BCUT2D eigenvalue weighted by Gasteiger charge is 2.37. The molecule has 30 heavy (non-hydrogen) atoms. The predicted octanol–water partition coefficient (Wildman–Crippen LogP) is 7.30. The second-order valence-corrected chi connectivity index (χ2v) is 10.2. The second kappa shape index (κ2) is 7.27. The fourth-order valence-electron chi connectivity index (χ4n) is 5.01. The number of carbonyl (C=O) groups is 1. The summed E-state index contributed by atoms with van der Waals surface area (Å²) in [6, 6.07) is 12.1. The Balaban J connectivity index is 1.76. The molecule has 2 heteroatoms. The van der Waals surface area contributed by atoms with Crippen molar-refractivity contribution in [2.24, 2.45) is 0 Å². The fraction of sp³-hybridized carbons (Fsp3) is 0.393. The van der Waals surface area contributed by atoms with Gasteiger partial charge in [-0.2, -0.15) is 0 Å². The maximum Gasteiger partial charge on any atom is 0.335 e. The van der Waals surface area contributed by atoms with E-state index in [2.05, 4.69) is 58.9 Å². The van der Waals surface area contributed by atoms with Gasteiger partial charge in [0.05, 0.1) is 5.56 Å². The zero-order chi connectivity index (χ0) is 21.7. The first-order chi connectivity index (χ1) is 14.1. The van der Waals surface area contributed by atoms with Crippen molar-refractivity contribution in [3.8, 4) is 0 Å². The Hall–Kier alpha value is -2.61. The summed E-state index contributed by atoms with van der Waals surface area (Å²) in [5.41, 5.74) is 10.2. The minimum absolute atomic E-state index is 0.197. The molecule has 2 aromatic rings. The number of allylic oxidation sites excluding steroid dienone is 3. The third-order valence-electron chi connectivity index (χ3n) is 7.09. The summed E-state index contributed by atoms with van der Waals surface area (Å²) in [6.07, 6.45) is 9.12. The highest BCUT2D eigenvalue weighted by Crippen LogP contribution is 2.48. The van der Waals surface area contributed by atoms with E-state index in [4.69, 9.17) is 5.11 Å². The minimum Gasteiger partial charge on any atom is -0.478 e. The number of carboxylic acid groups (broad SMARTS) is 1. The van der Waals surface area contributed by atoms with Crippen molar-refractivity contribution >= 4 is 17.6 Å². The molecule has 2 aliphatic carbocycles. The van der Waals surface area contributed by atoms with E-state index in [1.54, 1.807) is 12.1 Å². The molecule has 0 saturated heterocycles.